The second kappa shape index (κ2) is 10.5. The number of hydrogen-bond donors (Lipinski definition) is 1. The smallest absolute Gasteiger partial charge is 0.306 e. The third-order valence-corrected chi connectivity index (χ3v) is 6.47. The lowest BCUT2D eigenvalue weighted by atomic mass is 10.1. The number of carbonyl (C=O) groups is 3. The maximum Gasteiger partial charge on any atom is 0.306 e. The molecule has 2 heterocycles. The van der Waals surface area contributed by atoms with Gasteiger partial charge in [-0.1, -0.05) is 18.2 Å². The number of hydrogen-bond acceptors (Lipinski definition) is 7. The van der Waals surface area contributed by atoms with Gasteiger partial charge in [-0.25, -0.2) is 4.98 Å². The summed E-state index contributed by atoms with van der Waals surface area (Å²) in [5.41, 5.74) is 3.04. The number of amides is 1. The van der Waals surface area contributed by atoms with Gasteiger partial charge in [-0.2, -0.15) is 0 Å². The number of nitrogens with zero attached hydrogens (tertiary/aromatic N) is 1. The molecule has 0 saturated carbocycles. The second-order valence-corrected chi connectivity index (χ2v) is 9.59. The monoisotopic (exact) mass is 456 g/mol. The zero-order chi connectivity index (χ0) is 22.4. The minimum Gasteiger partial charge on any atom is -0.459 e. The van der Waals surface area contributed by atoms with Crippen LogP contribution in [0.15, 0.2) is 35.7 Å². The Morgan fingerprint density at radius 1 is 1.10 bits per heavy atom. The van der Waals surface area contributed by atoms with Crippen molar-refractivity contribution in [3.8, 4) is 0 Å². The Morgan fingerprint density at radius 2 is 1.87 bits per heavy atom. The molecule has 0 spiro atoms. The van der Waals surface area contributed by atoms with Crippen LogP contribution in [0.1, 0.15) is 49.2 Å². The number of rotatable bonds is 9. The second-order valence-electron chi connectivity index (χ2n) is 7.18. The number of carbonyl (C=O) groups excluding carboxylic acids is 3. The van der Waals surface area contributed by atoms with E-state index >= 15 is 0 Å². The van der Waals surface area contributed by atoms with Gasteiger partial charge in [-0.15, -0.1) is 22.7 Å². The van der Waals surface area contributed by atoms with Crippen molar-refractivity contribution in [3.05, 3.63) is 67.3 Å². The molecule has 0 aliphatic heterocycles. The molecule has 0 aliphatic rings. The van der Waals surface area contributed by atoms with Crippen molar-refractivity contribution in [3.63, 3.8) is 0 Å². The van der Waals surface area contributed by atoms with E-state index in [0.717, 1.165) is 21.0 Å². The van der Waals surface area contributed by atoms with Crippen molar-refractivity contribution in [1.29, 1.82) is 0 Å². The molecule has 6 nitrogen and oxygen atoms in total. The maximum absolute atomic E-state index is 12.3. The molecule has 0 fully saturated rings. The number of nitrogens with one attached hydrogen (secondary N) is 1. The minimum absolute atomic E-state index is 0.0273. The summed E-state index contributed by atoms with van der Waals surface area (Å²) in [4.78, 5) is 42.9. The lowest BCUT2D eigenvalue weighted by Gasteiger charge is -2.06. The van der Waals surface area contributed by atoms with Gasteiger partial charge in [0.05, 0.1) is 18.5 Å². The highest BCUT2D eigenvalue weighted by Gasteiger charge is 2.15. The van der Waals surface area contributed by atoms with E-state index in [1.165, 1.54) is 11.3 Å². The number of para-hydroxylation sites is 1. The average molecular weight is 457 g/mol. The zero-order valence-corrected chi connectivity index (χ0v) is 19.3. The highest BCUT2D eigenvalue weighted by Crippen LogP contribution is 2.22. The predicted molar refractivity (Wildman–Crippen MR) is 123 cm³/mol. The van der Waals surface area contributed by atoms with Crippen LogP contribution in [-0.2, 0) is 27.4 Å². The Bertz CT molecular complexity index is 1100. The molecule has 0 atom stereocenters. The molecule has 0 bridgehead atoms. The normalized spacial score (nSPS) is 10.7. The van der Waals surface area contributed by atoms with Crippen LogP contribution in [0.5, 0.6) is 0 Å². The molecule has 1 N–H and O–H groups in total. The van der Waals surface area contributed by atoms with Crippen molar-refractivity contribution in [2.24, 2.45) is 0 Å². The van der Waals surface area contributed by atoms with Crippen molar-refractivity contribution in [1.82, 2.24) is 4.98 Å². The number of aryl methyl sites for hydroxylation is 3. The first-order chi connectivity index (χ1) is 14.8. The fourth-order valence-corrected chi connectivity index (χ4v) is 4.75. The fraction of sp³-hybridized carbons (Fsp3) is 0.304. The molecule has 0 radical (unpaired) electrons. The first-order valence-corrected chi connectivity index (χ1v) is 11.6. The highest BCUT2D eigenvalue weighted by atomic mass is 32.1. The van der Waals surface area contributed by atoms with Gasteiger partial charge < -0.3 is 10.1 Å². The summed E-state index contributed by atoms with van der Waals surface area (Å²) in [6.45, 7) is 5.82. The first-order valence-electron chi connectivity index (χ1n) is 9.86. The largest absolute Gasteiger partial charge is 0.459 e. The molecule has 3 aromatic rings. The van der Waals surface area contributed by atoms with E-state index in [9.17, 15) is 14.4 Å². The van der Waals surface area contributed by atoms with Crippen LogP contribution in [0.4, 0.5) is 5.69 Å². The molecule has 162 valence electrons. The molecule has 0 aliphatic carbocycles. The van der Waals surface area contributed by atoms with Crippen LogP contribution >= 0.6 is 22.7 Å². The number of aromatic nitrogens is 1. The van der Waals surface area contributed by atoms with Crippen molar-refractivity contribution >= 4 is 46.0 Å². The molecule has 3 rings (SSSR count). The summed E-state index contributed by atoms with van der Waals surface area (Å²) in [6, 6.07) is 9.43. The van der Waals surface area contributed by atoms with Gasteiger partial charge in [0.1, 0.15) is 11.6 Å². The van der Waals surface area contributed by atoms with E-state index < -0.39 is 5.97 Å². The van der Waals surface area contributed by atoms with E-state index in [0.29, 0.717) is 16.3 Å². The van der Waals surface area contributed by atoms with E-state index in [-0.39, 0.29) is 37.6 Å². The molecular weight excluding hydrogens is 432 g/mol. The number of esters is 1. The van der Waals surface area contributed by atoms with Gasteiger partial charge in [0.15, 0.2) is 5.78 Å². The summed E-state index contributed by atoms with van der Waals surface area (Å²) in [6.07, 6.45) is 0.307. The molecule has 0 saturated heterocycles. The topological polar surface area (TPSA) is 85.4 Å². The number of thiophene rings is 1. The van der Waals surface area contributed by atoms with Gasteiger partial charge >= 0.3 is 5.97 Å². The first kappa shape index (κ1) is 22.8. The molecule has 0 unspecified atom stereocenters. The van der Waals surface area contributed by atoms with Gasteiger partial charge in [-0.05, 0) is 38.5 Å². The molecular formula is C23H24N2O4S2. The minimum atomic E-state index is -0.440. The molecule has 2 aromatic heterocycles. The van der Waals surface area contributed by atoms with E-state index in [2.05, 4.69) is 10.3 Å². The maximum atomic E-state index is 12.3. The summed E-state index contributed by atoms with van der Waals surface area (Å²) in [5, 5.41) is 5.29. The summed E-state index contributed by atoms with van der Waals surface area (Å²) < 4.78 is 5.23. The van der Waals surface area contributed by atoms with Crippen LogP contribution in [0.2, 0.25) is 0 Å². The van der Waals surface area contributed by atoms with Crippen LogP contribution in [-0.4, -0.2) is 22.6 Å². The van der Waals surface area contributed by atoms with Crippen molar-refractivity contribution < 1.29 is 19.1 Å². The summed E-state index contributed by atoms with van der Waals surface area (Å²) in [7, 11) is 0. The van der Waals surface area contributed by atoms with Gasteiger partial charge in [0.2, 0.25) is 5.91 Å². The molecule has 8 heteroatoms. The van der Waals surface area contributed by atoms with Crippen LogP contribution in [0.3, 0.4) is 0 Å². The molecule has 31 heavy (non-hydrogen) atoms. The number of anilines is 1. The number of ketones is 1. The Balaban J connectivity index is 1.42. The van der Waals surface area contributed by atoms with Crippen molar-refractivity contribution in [2.75, 3.05) is 5.32 Å². The third-order valence-electron chi connectivity index (χ3n) is 4.61. The fourth-order valence-electron chi connectivity index (χ4n) is 3.03. The van der Waals surface area contributed by atoms with Gasteiger partial charge in [0, 0.05) is 32.8 Å². The summed E-state index contributed by atoms with van der Waals surface area (Å²) >= 11 is 2.92. The number of ether oxygens (including phenoxy) is 1. The van der Waals surface area contributed by atoms with Crippen LogP contribution in [0.25, 0.3) is 0 Å². The van der Waals surface area contributed by atoms with Gasteiger partial charge in [0.25, 0.3) is 0 Å². The quantitative estimate of drug-likeness (QED) is 0.361. The lowest BCUT2D eigenvalue weighted by Crippen LogP contribution is -2.15. The molecule has 1 aromatic carbocycles. The number of benzene rings is 1. The highest BCUT2D eigenvalue weighted by molar-refractivity contribution is 7.12. The Kier molecular flexibility index (Phi) is 7.70. The van der Waals surface area contributed by atoms with E-state index in [4.69, 9.17) is 4.74 Å². The summed E-state index contributed by atoms with van der Waals surface area (Å²) in [5.74, 6) is -0.635. The van der Waals surface area contributed by atoms with Gasteiger partial charge in [-0.3, -0.25) is 14.4 Å². The number of Topliss-reactive ketones (excluding diaryl/α,β-unsaturated/α-hetero) is 1. The predicted octanol–water partition coefficient (Wildman–Crippen LogP) is 5.02. The number of thiazole rings is 1. The average Bonchev–Trinajstić information content (AvgIpc) is 3.31. The Labute approximate surface area is 189 Å². The zero-order valence-electron chi connectivity index (χ0n) is 17.7. The molecule has 1 amide bonds. The Morgan fingerprint density at radius 3 is 2.58 bits per heavy atom. The standard InChI is InChI=1S/C23H24N2O4S2/c1-14-6-4-5-7-19(14)25-21(27)11-22-24-17(13-30-22)12-29-23(28)9-8-20(26)18-10-15(2)31-16(18)3/h4-7,10,13H,8-9,11-12H2,1-3H3,(H,25,27). The van der Waals surface area contributed by atoms with E-state index in [1.807, 2.05) is 51.1 Å². The Hall–Kier alpha value is -2.84. The third kappa shape index (κ3) is 6.57. The van der Waals surface area contributed by atoms with E-state index in [1.54, 1.807) is 16.7 Å². The van der Waals surface area contributed by atoms with Crippen LogP contribution in [0, 0.1) is 20.8 Å². The van der Waals surface area contributed by atoms with Crippen LogP contribution < -0.4 is 5.32 Å². The SMILES string of the molecule is Cc1cc(C(=O)CCC(=O)OCc2csc(CC(=O)Nc3ccccc3C)n2)c(C)s1. The lowest BCUT2D eigenvalue weighted by molar-refractivity contribution is -0.145. The van der Waals surface area contributed by atoms with Crippen molar-refractivity contribution in [2.45, 2.75) is 46.6 Å².